The number of nitrogens with one attached hydrogen (secondary N) is 2. The monoisotopic (exact) mass is 415 g/mol. The lowest BCUT2D eigenvalue weighted by atomic mass is 9.97. The molecule has 0 bridgehead atoms. The number of H-pyrrole nitrogens is 1. The molecule has 154 valence electrons. The maximum atomic E-state index is 12.2. The van der Waals surface area contributed by atoms with Gasteiger partial charge in [-0.3, -0.25) is 9.59 Å². The van der Waals surface area contributed by atoms with Gasteiger partial charge in [-0.15, -0.1) is 0 Å². The maximum absolute atomic E-state index is 12.2. The fraction of sp³-hybridized carbons (Fsp3) is 0.429. The van der Waals surface area contributed by atoms with E-state index in [1.165, 1.54) is 11.8 Å². The van der Waals surface area contributed by atoms with Crippen LogP contribution < -0.4 is 10.9 Å². The Balaban J connectivity index is 1.53. The third-order valence-electron chi connectivity index (χ3n) is 4.46. The molecule has 0 atom stereocenters. The summed E-state index contributed by atoms with van der Waals surface area (Å²) in [6.07, 6.45) is 3.63. The number of rotatable bonds is 7. The maximum Gasteiger partial charge on any atom is 0.338 e. The summed E-state index contributed by atoms with van der Waals surface area (Å²) < 4.78 is 5.18. The van der Waals surface area contributed by atoms with Crippen LogP contribution in [-0.2, 0) is 22.4 Å². The van der Waals surface area contributed by atoms with Crippen molar-refractivity contribution in [2.24, 2.45) is 5.92 Å². The summed E-state index contributed by atoms with van der Waals surface area (Å²) >= 11 is 1.20. The molecule has 1 aliphatic carbocycles. The molecule has 1 aromatic carbocycles. The SMILES string of the molecule is CC(C)COC(=O)c1ccc(NC(=O)CSc2nc3c(c(=O)[nH]2)CCCC3)cc1. The first-order chi connectivity index (χ1) is 13.9. The molecule has 3 rings (SSSR count). The van der Waals surface area contributed by atoms with Crippen LogP contribution in [0.4, 0.5) is 5.69 Å². The molecule has 1 aromatic heterocycles. The van der Waals surface area contributed by atoms with Crippen LogP contribution in [0.25, 0.3) is 0 Å². The Labute approximate surface area is 173 Å². The number of amides is 1. The molecule has 0 unspecified atom stereocenters. The van der Waals surface area contributed by atoms with Crippen LogP contribution in [0.15, 0.2) is 34.2 Å². The van der Waals surface area contributed by atoms with Gasteiger partial charge in [0.2, 0.25) is 5.91 Å². The van der Waals surface area contributed by atoms with Crippen LogP contribution in [0.1, 0.15) is 48.3 Å². The Hall–Kier alpha value is -2.61. The number of hydrogen-bond donors (Lipinski definition) is 2. The lowest BCUT2D eigenvalue weighted by Gasteiger charge is -2.14. The molecule has 1 amide bonds. The van der Waals surface area contributed by atoms with Gasteiger partial charge in [-0.2, -0.15) is 0 Å². The molecule has 0 saturated carbocycles. The minimum atomic E-state index is -0.380. The summed E-state index contributed by atoms with van der Waals surface area (Å²) in [4.78, 5) is 43.5. The quantitative estimate of drug-likeness (QED) is 0.409. The minimum Gasteiger partial charge on any atom is -0.462 e. The summed E-state index contributed by atoms with van der Waals surface area (Å²) in [5.41, 5.74) is 2.55. The number of benzene rings is 1. The zero-order valence-corrected chi connectivity index (χ0v) is 17.4. The van der Waals surface area contributed by atoms with Gasteiger partial charge in [0.1, 0.15) is 0 Å². The smallest absolute Gasteiger partial charge is 0.338 e. The van der Waals surface area contributed by atoms with Crippen LogP contribution in [0.2, 0.25) is 0 Å². The number of aromatic nitrogens is 2. The summed E-state index contributed by atoms with van der Waals surface area (Å²) in [5.74, 6) is -0.200. The van der Waals surface area contributed by atoms with Crippen molar-refractivity contribution >= 4 is 29.3 Å². The highest BCUT2D eigenvalue weighted by atomic mass is 32.2. The highest BCUT2D eigenvalue weighted by Crippen LogP contribution is 2.19. The number of anilines is 1. The highest BCUT2D eigenvalue weighted by molar-refractivity contribution is 7.99. The standard InChI is InChI=1S/C21H25N3O4S/c1-13(2)11-28-20(27)14-7-9-15(10-8-14)22-18(25)12-29-21-23-17-6-4-3-5-16(17)19(26)24-21/h7-10,13H,3-6,11-12H2,1-2H3,(H,22,25)(H,23,24,26). The summed E-state index contributed by atoms with van der Waals surface area (Å²) in [5, 5.41) is 3.24. The normalized spacial score (nSPS) is 13.1. The second-order valence-electron chi connectivity index (χ2n) is 7.41. The zero-order chi connectivity index (χ0) is 20.8. The number of carbonyl (C=O) groups is 2. The van der Waals surface area contributed by atoms with Crippen LogP contribution in [-0.4, -0.2) is 34.2 Å². The third-order valence-corrected chi connectivity index (χ3v) is 5.34. The van der Waals surface area contributed by atoms with Crippen molar-refractivity contribution in [3.63, 3.8) is 0 Å². The van der Waals surface area contributed by atoms with Crippen molar-refractivity contribution < 1.29 is 14.3 Å². The lowest BCUT2D eigenvalue weighted by molar-refractivity contribution is -0.113. The first-order valence-corrected chi connectivity index (χ1v) is 10.7. The number of nitrogens with zero attached hydrogens (tertiary/aromatic N) is 1. The average Bonchev–Trinajstić information content (AvgIpc) is 2.71. The van der Waals surface area contributed by atoms with Gasteiger partial charge in [-0.1, -0.05) is 25.6 Å². The summed E-state index contributed by atoms with van der Waals surface area (Å²) in [7, 11) is 0. The van der Waals surface area contributed by atoms with Crippen LogP contribution in [0.5, 0.6) is 0 Å². The van der Waals surface area contributed by atoms with Crippen LogP contribution in [0.3, 0.4) is 0 Å². The van der Waals surface area contributed by atoms with E-state index in [0.717, 1.165) is 36.9 Å². The van der Waals surface area contributed by atoms with E-state index in [1.807, 2.05) is 13.8 Å². The van der Waals surface area contributed by atoms with Gasteiger partial charge in [0.15, 0.2) is 5.16 Å². The van der Waals surface area contributed by atoms with Gasteiger partial charge < -0.3 is 15.0 Å². The van der Waals surface area contributed by atoms with Gasteiger partial charge in [0.05, 0.1) is 23.6 Å². The number of ether oxygens (including phenoxy) is 1. The number of thioether (sulfide) groups is 1. The first kappa shape index (κ1) is 21.1. The molecule has 29 heavy (non-hydrogen) atoms. The molecule has 1 aliphatic rings. The molecule has 0 spiro atoms. The molecule has 8 heteroatoms. The van der Waals surface area contributed by atoms with Gasteiger partial charge >= 0.3 is 5.97 Å². The highest BCUT2D eigenvalue weighted by Gasteiger charge is 2.16. The van der Waals surface area contributed by atoms with Crippen molar-refractivity contribution in [1.29, 1.82) is 0 Å². The molecule has 1 heterocycles. The predicted molar refractivity (Wildman–Crippen MR) is 112 cm³/mol. The number of fused-ring (bicyclic) bond motifs is 1. The number of aromatic amines is 1. The van der Waals surface area contributed by atoms with Gasteiger partial charge in [-0.25, -0.2) is 9.78 Å². The van der Waals surface area contributed by atoms with E-state index >= 15 is 0 Å². The van der Waals surface area contributed by atoms with Crippen LogP contribution >= 0.6 is 11.8 Å². The molecule has 2 N–H and O–H groups in total. The molecule has 0 radical (unpaired) electrons. The van der Waals surface area contributed by atoms with E-state index in [0.29, 0.717) is 23.0 Å². The second-order valence-corrected chi connectivity index (χ2v) is 8.37. The number of esters is 1. The number of hydrogen-bond acceptors (Lipinski definition) is 6. The van der Waals surface area contributed by atoms with Crippen molar-refractivity contribution in [3.05, 3.63) is 51.4 Å². The molecular formula is C21H25N3O4S. The molecule has 0 saturated heterocycles. The molecular weight excluding hydrogens is 390 g/mol. The van der Waals surface area contributed by atoms with Crippen molar-refractivity contribution in [2.75, 3.05) is 17.7 Å². The fourth-order valence-electron chi connectivity index (χ4n) is 3.00. The third kappa shape index (κ3) is 5.93. The molecule has 7 nitrogen and oxygen atoms in total. The predicted octanol–water partition coefficient (Wildman–Crippen LogP) is 3.19. The minimum absolute atomic E-state index is 0.0995. The van der Waals surface area contributed by atoms with Gasteiger partial charge in [0.25, 0.3) is 5.56 Å². The second kappa shape index (κ2) is 9.73. The van der Waals surface area contributed by atoms with E-state index in [2.05, 4.69) is 15.3 Å². The van der Waals surface area contributed by atoms with Crippen molar-refractivity contribution in [3.8, 4) is 0 Å². The molecule has 0 aliphatic heterocycles. The largest absolute Gasteiger partial charge is 0.462 e. The zero-order valence-electron chi connectivity index (χ0n) is 16.6. The summed E-state index contributed by atoms with van der Waals surface area (Å²) in [6.45, 7) is 4.31. The first-order valence-electron chi connectivity index (χ1n) is 9.74. The Morgan fingerprint density at radius 2 is 1.93 bits per heavy atom. The Bertz CT molecular complexity index is 938. The van der Waals surface area contributed by atoms with Crippen LogP contribution in [0, 0.1) is 5.92 Å². The van der Waals surface area contributed by atoms with E-state index < -0.39 is 0 Å². The summed E-state index contributed by atoms with van der Waals surface area (Å²) in [6, 6.07) is 6.56. The van der Waals surface area contributed by atoms with Crippen molar-refractivity contribution in [1.82, 2.24) is 9.97 Å². The number of carbonyl (C=O) groups excluding carboxylic acids is 2. The average molecular weight is 416 g/mol. The Morgan fingerprint density at radius 1 is 1.21 bits per heavy atom. The number of aryl methyl sites for hydroxylation is 1. The van der Waals surface area contributed by atoms with E-state index in [4.69, 9.17) is 4.74 Å². The topological polar surface area (TPSA) is 101 Å². The lowest BCUT2D eigenvalue weighted by Crippen LogP contribution is -2.22. The van der Waals surface area contributed by atoms with E-state index in [-0.39, 0.29) is 29.1 Å². The van der Waals surface area contributed by atoms with E-state index in [1.54, 1.807) is 24.3 Å². The molecule has 2 aromatic rings. The van der Waals surface area contributed by atoms with Gasteiger partial charge in [-0.05, 0) is 55.9 Å². The Kier molecular flexibility index (Phi) is 7.09. The van der Waals surface area contributed by atoms with Crippen molar-refractivity contribution in [2.45, 2.75) is 44.7 Å². The fourth-order valence-corrected chi connectivity index (χ4v) is 3.67. The molecule has 0 fully saturated rings. The Morgan fingerprint density at radius 3 is 2.66 bits per heavy atom. The van der Waals surface area contributed by atoms with E-state index in [9.17, 15) is 14.4 Å². The van der Waals surface area contributed by atoms with Gasteiger partial charge in [0, 0.05) is 11.3 Å².